The fraction of sp³-hybridized carbons (Fsp3) is 0.500. The van der Waals surface area contributed by atoms with Gasteiger partial charge in [-0.25, -0.2) is 0 Å². The number of benzene rings is 1. The molecule has 1 aromatic carbocycles. The van der Waals surface area contributed by atoms with Gasteiger partial charge < -0.3 is 15.7 Å². The molecule has 2 unspecified atom stereocenters. The molecule has 2 amide bonds. The first-order chi connectivity index (χ1) is 9.91. The molecule has 0 aliphatic carbocycles. The van der Waals surface area contributed by atoms with Crippen LogP contribution in [0.3, 0.4) is 0 Å². The van der Waals surface area contributed by atoms with Crippen LogP contribution < -0.4 is 10.6 Å². The number of carbonyl (C=O) groups excluding carboxylic acids is 2. The second-order valence-corrected chi connectivity index (χ2v) is 5.44. The predicted molar refractivity (Wildman–Crippen MR) is 81.9 cm³/mol. The van der Waals surface area contributed by atoms with Crippen molar-refractivity contribution >= 4 is 11.8 Å². The van der Waals surface area contributed by atoms with Crippen molar-refractivity contribution in [1.82, 2.24) is 10.6 Å². The molecule has 1 rings (SSSR count). The van der Waals surface area contributed by atoms with Crippen LogP contribution in [0.15, 0.2) is 30.3 Å². The van der Waals surface area contributed by atoms with E-state index in [2.05, 4.69) is 10.6 Å². The minimum absolute atomic E-state index is 0.00930. The fourth-order valence-corrected chi connectivity index (χ4v) is 1.92. The number of amides is 2. The first-order valence-corrected chi connectivity index (χ1v) is 7.20. The van der Waals surface area contributed by atoms with Gasteiger partial charge in [0.2, 0.25) is 5.91 Å². The molecule has 0 aliphatic rings. The van der Waals surface area contributed by atoms with Crippen molar-refractivity contribution in [2.45, 2.75) is 45.2 Å². The van der Waals surface area contributed by atoms with E-state index in [-0.39, 0.29) is 18.4 Å². The number of aliphatic hydroxyl groups excluding tert-OH is 1. The zero-order valence-electron chi connectivity index (χ0n) is 12.8. The van der Waals surface area contributed by atoms with Gasteiger partial charge in [-0.05, 0) is 38.8 Å². The Balaban J connectivity index is 2.61. The van der Waals surface area contributed by atoms with Crippen LogP contribution in [0.25, 0.3) is 0 Å². The Morgan fingerprint density at radius 2 is 1.90 bits per heavy atom. The molecule has 0 spiro atoms. The molecule has 0 heterocycles. The number of rotatable bonds is 7. The Labute approximate surface area is 125 Å². The fourth-order valence-electron chi connectivity index (χ4n) is 1.92. The predicted octanol–water partition coefficient (Wildman–Crippen LogP) is 1.47. The number of hydrogen-bond acceptors (Lipinski definition) is 3. The van der Waals surface area contributed by atoms with Crippen molar-refractivity contribution in [2.24, 2.45) is 0 Å². The molecule has 0 radical (unpaired) electrons. The summed E-state index contributed by atoms with van der Waals surface area (Å²) in [6.07, 6.45) is 1.19. The number of hydrogen-bond donors (Lipinski definition) is 3. The molecule has 0 saturated carbocycles. The van der Waals surface area contributed by atoms with Gasteiger partial charge in [0.15, 0.2) is 0 Å². The molecule has 1 aromatic rings. The summed E-state index contributed by atoms with van der Waals surface area (Å²) < 4.78 is 0. The summed E-state index contributed by atoms with van der Waals surface area (Å²) in [5.41, 5.74) is 0.0585. The Morgan fingerprint density at radius 3 is 2.43 bits per heavy atom. The SMILES string of the molecule is CCC(C)(CCO)NC(=O)C(C)NC(=O)c1ccccc1. The average molecular weight is 292 g/mol. The summed E-state index contributed by atoms with van der Waals surface area (Å²) in [4.78, 5) is 24.1. The van der Waals surface area contributed by atoms with E-state index in [0.29, 0.717) is 18.4 Å². The monoisotopic (exact) mass is 292 g/mol. The smallest absolute Gasteiger partial charge is 0.251 e. The molecular weight excluding hydrogens is 268 g/mol. The Morgan fingerprint density at radius 1 is 1.29 bits per heavy atom. The highest BCUT2D eigenvalue weighted by molar-refractivity contribution is 5.97. The molecule has 0 saturated heterocycles. The van der Waals surface area contributed by atoms with E-state index in [1.165, 1.54) is 0 Å². The highest BCUT2D eigenvalue weighted by atomic mass is 16.3. The zero-order valence-corrected chi connectivity index (χ0v) is 12.8. The summed E-state index contributed by atoms with van der Waals surface area (Å²) in [6.45, 7) is 5.48. The highest BCUT2D eigenvalue weighted by Gasteiger charge is 2.26. The van der Waals surface area contributed by atoms with Gasteiger partial charge >= 0.3 is 0 Å². The van der Waals surface area contributed by atoms with Crippen LogP contribution >= 0.6 is 0 Å². The maximum Gasteiger partial charge on any atom is 0.251 e. The molecule has 2 atom stereocenters. The van der Waals surface area contributed by atoms with Gasteiger partial charge in [0.25, 0.3) is 5.91 Å². The lowest BCUT2D eigenvalue weighted by atomic mass is 9.94. The standard InChI is InChI=1S/C16H24N2O3/c1-4-16(3,10-11-19)18-14(20)12(2)17-15(21)13-8-6-5-7-9-13/h5-9,12,19H,4,10-11H2,1-3H3,(H,17,21)(H,18,20). The second kappa shape index (κ2) is 7.78. The van der Waals surface area contributed by atoms with Crippen LogP contribution in [0, 0.1) is 0 Å². The summed E-state index contributed by atoms with van der Waals surface area (Å²) in [5.74, 6) is -0.532. The quantitative estimate of drug-likeness (QED) is 0.712. The van der Waals surface area contributed by atoms with Crippen molar-refractivity contribution in [3.8, 4) is 0 Å². The van der Waals surface area contributed by atoms with Gasteiger partial charge in [0.05, 0.1) is 0 Å². The molecule has 0 fully saturated rings. The molecule has 0 bridgehead atoms. The van der Waals surface area contributed by atoms with Crippen LogP contribution in [0.5, 0.6) is 0 Å². The van der Waals surface area contributed by atoms with Crippen LogP contribution in [-0.4, -0.2) is 35.1 Å². The average Bonchev–Trinajstić information content (AvgIpc) is 2.48. The summed E-state index contributed by atoms with van der Waals surface area (Å²) in [6, 6.07) is 8.13. The highest BCUT2D eigenvalue weighted by Crippen LogP contribution is 2.13. The van der Waals surface area contributed by atoms with Gasteiger partial charge in [0, 0.05) is 17.7 Å². The molecule has 0 aromatic heterocycles. The molecule has 116 valence electrons. The van der Waals surface area contributed by atoms with Crippen LogP contribution in [0.4, 0.5) is 0 Å². The topological polar surface area (TPSA) is 78.4 Å². The van der Waals surface area contributed by atoms with Gasteiger partial charge in [-0.3, -0.25) is 9.59 Å². The number of carbonyl (C=O) groups is 2. The first kappa shape index (κ1) is 17.2. The van der Waals surface area contributed by atoms with Crippen molar-refractivity contribution in [3.05, 3.63) is 35.9 Å². The minimum Gasteiger partial charge on any atom is -0.396 e. The third kappa shape index (κ3) is 5.19. The van der Waals surface area contributed by atoms with E-state index < -0.39 is 11.6 Å². The molecule has 5 heteroatoms. The zero-order chi connectivity index (χ0) is 15.9. The Hall–Kier alpha value is -1.88. The van der Waals surface area contributed by atoms with Crippen molar-refractivity contribution in [2.75, 3.05) is 6.61 Å². The third-order valence-electron chi connectivity index (χ3n) is 3.65. The Bertz CT molecular complexity index is 476. The maximum atomic E-state index is 12.2. The lowest BCUT2D eigenvalue weighted by Crippen LogP contribution is -2.53. The van der Waals surface area contributed by atoms with Crippen LogP contribution in [-0.2, 0) is 4.79 Å². The molecule has 5 nitrogen and oxygen atoms in total. The van der Waals surface area contributed by atoms with Gasteiger partial charge in [-0.2, -0.15) is 0 Å². The Kier molecular flexibility index (Phi) is 6.37. The van der Waals surface area contributed by atoms with E-state index in [0.717, 1.165) is 0 Å². The van der Waals surface area contributed by atoms with Crippen molar-refractivity contribution in [3.63, 3.8) is 0 Å². The van der Waals surface area contributed by atoms with E-state index in [9.17, 15) is 9.59 Å². The van der Waals surface area contributed by atoms with Gasteiger partial charge in [-0.15, -0.1) is 0 Å². The van der Waals surface area contributed by atoms with Crippen molar-refractivity contribution in [1.29, 1.82) is 0 Å². The second-order valence-electron chi connectivity index (χ2n) is 5.44. The number of aliphatic hydroxyl groups is 1. The third-order valence-corrected chi connectivity index (χ3v) is 3.65. The lowest BCUT2D eigenvalue weighted by Gasteiger charge is -2.30. The lowest BCUT2D eigenvalue weighted by molar-refractivity contribution is -0.124. The number of nitrogens with one attached hydrogen (secondary N) is 2. The molecule has 21 heavy (non-hydrogen) atoms. The van der Waals surface area contributed by atoms with E-state index in [1.54, 1.807) is 31.2 Å². The van der Waals surface area contributed by atoms with Gasteiger partial charge in [-0.1, -0.05) is 25.1 Å². The normalized spacial score (nSPS) is 14.9. The molecule has 3 N–H and O–H groups in total. The van der Waals surface area contributed by atoms with Crippen molar-refractivity contribution < 1.29 is 14.7 Å². The first-order valence-electron chi connectivity index (χ1n) is 7.20. The van der Waals surface area contributed by atoms with Gasteiger partial charge in [0.1, 0.15) is 6.04 Å². The van der Waals surface area contributed by atoms with E-state index in [1.807, 2.05) is 19.9 Å². The largest absolute Gasteiger partial charge is 0.396 e. The molecule has 0 aliphatic heterocycles. The minimum atomic E-state index is -0.637. The van der Waals surface area contributed by atoms with E-state index >= 15 is 0 Å². The summed E-state index contributed by atoms with van der Waals surface area (Å²) >= 11 is 0. The molecular formula is C16H24N2O3. The maximum absolute atomic E-state index is 12.2. The summed E-state index contributed by atoms with van der Waals surface area (Å²) in [5, 5.41) is 14.6. The van der Waals surface area contributed by atoms with E-state index in [4.69, 9.17) is 5.11 Å². The van der Waals surface area contributed by atoms with Crippen LogP contribution in [0.1, 0.15) is 44.0 Å². The van der Waals surface area contributed by atoms with Crippen LogP contribution in [0.2, 0.25) is 0 Å². The summed E-state index contributed by atoms with van der Waals surface area (Å²) in [7, 11) is 0.